The van der Waals surface area contributed by atoms with Gasteiger partial charge in [-0.1, -0.05) is 0 Å². The molecule has 1 unspecified atom stereocenters. The highest BCUT2D eigenvalue weighted by molar-refractivity contribution is 5.74. The lowest BCUT2D eigenvalue weighted by Crippen LogP contribution is -2.40. The van der Waals surface area contributed by atoms with Crippen molar-refractivity contribution in [2.24, 2.45) is 0 Å². The maximum atomic E-state index is 11.4. The van der Waals surface area contributed by atoms with Crippen LogP contribution in [0.25, 0.3) is 0 Å². The molecule has 0 aromatic carbocycles. The summed E-state index contributed by atoms with van der Waals surface area (Å²) in [6, 6.07) is 2.99. The monoisotopic (exact) mass is 240 g/mol. The number of rotatable bonds is 6. The molecular formula is C11H16N2O4. The molecule has 1 rings (SSSR count). The summed E-state index contributed by atoms with van der Waals surface area (Å²) >= 11 is 0. The Hall–Kier alpha value is -1.98. The van der Waals surface area contributed by atoms with Gasteiger partial charge in [0.15, 0.2) is 0 Å². The number of furan rings is 1. The van der Waals surface area contributed by atoms with E-state index in [4.69, 9.17) is 9.52 Å². The lowest BCUT2D eigenvalue weighted by atomic mass is 10.2. The van der Waals surface area contributed by atoms with E-state index in [9.17, 15) is 9.59 Å². The van der Waals surface area contributed by atoms with Crippen LogP contribution < -0.4 is 10.6 Å². The molecule has 1 heterocycles. The third-order valence-electron chi connectivity index (χ3n) is 2.17. The first-order valence-corrected chi connectivity index (χ1v) is 5.36. The molecule has 6 heteroatoms. The van der Waals surface area contributed by atoms with Crippen molar-refractivity contribution in [3.63, 3.8) is 0 Å². The lowest BCUT2D eigenvalue weighted by Gasteiger charge is -2.13. The number of carbonyl (C=O) groups excluding carboxylic acids is 1. The van der Waals surface area contributed by atoms with Crippen LogP contribution in [0.3, 0.4) is 0 Å². The SMILES string of the molecule is CC(CCC(=O)O)NC(=O)NCc1ccco1. The van der Waals surface area contributed by atoms with Crippen molar-refractivity contribution in [3.05, 3.63) is 24.2 Å². The molecule has 2 amide bonds. The first kappa shape index (κ1) is 13.1. The minimum Gasteiger partial charge on any atom is -0.481 e. The summed E-state index contributed by atoms with van der Waals surface area (Å²) in [5.41, 5.74) is 0. The highest BCUT2D eigenvalue weighted by Gasteiger charge is 2.08. The standard InChI is InChI=1S/C11H16N2O4/c1-8(4-5-10(14)15)13-11(16)12-7-9-3-2-6-17-9/h2-3,6,8H,4-5,7H2,1H3,(H,14,15)(H2,12,13,16). The minimum atomic E-state index is -0.866. The summed E-state index contributed by atoms with van der Waals surface area (Å²) in [6.45, 7) is 2.07. The van der Waals surface area contributed by atoms with E-state index in [2.05, 4.69) is 10.6 Å². The highest BCUT2D eigenvalue weighted by Crippen LogP contribution is 1.99. The number of carboxylic acid groups (broad SMARTS) is 1. The average Bonchev–Trinajstić information content (AvgIpc) is 2.76. The number of urea groups is 1. The second kappa shape index (κ2) is 6.57. The van der Waals surface area contributed by atoms with Crippen molar-refractivity contribution < 1.29 is 19.1 Å². The van der Waals surface area contributed by atoms with E-state index in [1.165, 1.54) is 6.26 Å². The molecule has 0 aliphatic heterocycles. The fourth-order valence-corrected chi connectivity index (χ4v) is 1.27. The molecule has 0 aliphatic carbocycles. The molecule has 0 saturated heterocycles. The van der Waals surface area contributed by atoms with Gasteiger partial charge in [-0.05, 0) is 25.5 Å². The van der Waals surface area contributed by atoms with Crippen molar-refractivity contribution >= 4 is 12.0 Å². The van der Waals surface area contributed by atoms with Gasteiger partial charge in [-0.25, -0.2) is 4.79 Å². The Morgan fingerprint density at radius 2 is 2.29 bits per heavy atom. The molecule has 0 bridgehead atoms. The van der Waals surface area contributed by atoms with Gasteiger partial charge in [0, 0.05) is 12.5 Å². The van der Waals surface area contributed by atoms with E-state index in [0.29, 0.717) is 18.7 Å². The van der Waals surface area contributed by atoms with Crippen molar-refractivity contribution in [3.8, 4) is 0 Å². The predicted molar refractivity (Wildman–Crippen MR) is 60.4 cm³/mol. The third kappa shape index (κ3) is 5.60. The van der Waals surface area contributed by atoms with Gasteiger partial charge in [0.25, 0.3) is 0 Å². The molecular weight excluding hydrogens is 224 g/mol. The van der Waals surface area contributed by atoms with Gasteiger partial charge >= 0.3 is 12.0 Å². The molecule has 0 aliphatic rings. The van der Waals surface area contributed by atoms with Crippen LogP contribution in [0.1, 0.15) is 25.5 Å². The summed E-state index contributed by atoms with van der Waals surface area (Å²) in [7, 11) is 0. The van der Waals surface area contributed by atoms with E-state index in [0.717, 1.165) is 0 Å². The predicted octanol–water partition coefficient (Wildman–Crippen LogP) is 1.33. The second-order valence-electron chi connectivity index (χ2n) is 3.74. The Labute approximate surface area is 99.0 Å². The zero-order valence-electron chi connectivity index (χ0n) is 9.60. The van der Waals surface area contributed by atoms with Crippen LogP contribution in [0, 0.1) is 0 Å². The van der Waals surface area contributed by atoms with Crippen LogP contribution >= 0.6 is 0 Å². The minimum absolute atomic E-state index is 0.0413. The van der Waals surface area contributed by atoms with Gasteiger partial charge in [-0.15, -0.1) is 0 Å². The summed E-state index contributed by atoms with van der Waals surface area (Å²) in [5, 5.41) is 13.7. The Morgan fingerprint density at radius 3 is 2.88 bits per heavy atom. The number of carboxylic acids is 1. The maximum absolute atomic E-state index is 11.4. The van der Waals surface area contributed by atoms with Gasteiger partial charge in [0.1, 0.15) is 5.76 Å². The van der Waals surface area contributed by atoms with Gasteiger partial charge in [-0.3, -0.25) is 4.79 Å². The summed E-state index contributed by atoms with van der Waals surface area (Å²) in [4.78, 5) is 21.7. The number of aliphatic carboxylic acids is 1. The fourth-order valence-electron chi connectivity index (χ4n) is 1.27. The molecule has 3 N–H and O–H groups in total. The highest BCUT2D eigenvalue weighted by atomic mass is 16.4. The Bertz CT molecular complexity index is 362. The quantitative estimate of drug-likeness (QED) is 0.699. The normalized spacial score (nSPS) is 11.8. The van der Waals surface area contributed by atoms with Crippen molar-refractivity contribution in [1.29, 1.82) is 0 Å². The van der Waals surface area contributed by atoms with E-state index in [1.807, 2.05) is 0 Å². The van der Waals surface area contributed by atoms with Crippen LogP contribution in [0.2, 0.25) is 0 Å². The van der Waals surface area contributed by atoms with Crippen molar-refractivity contribution in [2.45, 2.75) is 32.4 Å². The van der Waals surface area contributed by atoms with Crippen LogP contribution in [-0.4, -0.2) is 23.1 Å². The largest absolute Gasteiger partial charge is 0.481 e. The molecule has 6 nitrogen and oxygen atoms in total. The van der Waals surface area contributed by atoms with Crippen molar-refractivity contribution in [1.82, 2.24) is 10.6 Å². The van der Waals surface area contributed by atoms with Gasteiger partial charge in [-0.2, -0.15) is 0 Å². The lowest BCUT2D eigenvalue weighted by molar-refractivity contribution is -0.137. The Kier molecular flexibility index (Phi) is 5.06. The first-order chi connectivity index (χ1) is 8.08. The summed E-state index contributed by atoms with van der Waals surface area (Å²) in [5.74, 6) is -0.201. The van der Waals surface area contributed by atoms with Gasteiger partial charge in [0.05, 0.1) is 12.8 Å². The third-order valence-corrected chi connectivity index (χ3v) is 2.17. The first-order valence-electron chi connectivity index (χ1n) is 5.36. The van der Waals surface area contributed by atoms with E-state index in [1.54, 1.807) is 19.1 Å². The number of carbonyl (C=O) groups is 2. The van der Waals surface area contributed by atoms with Crippen molar-refractivity contribution in [2.75, 3.05) is 0 Å². The van der Waals surface area contributed by atoms with E-state index < -0.39 is 5.97 Å². The molecule has 1 atom stereocenters. The molecule has 17 heavy (non-hydrogen) atoms. The summed E-state index contributed by atoms with van der Waals surface area (Å²) < 4.78 is 5.05. The maximum Gasteiger partial charge on any atom is 0.315 e. The molecule has 94 valence electrons. The van der Waals surface area contributed by atoms with Crippen LogP contribution in [0.4, 0.5) is 4.79 Å². The molecule has 0 saturated carbocycles. The Morgan fingerprint density at radius 1 is 1.53 bits per heavy atom. The topological polar surface area (TPSA) is 91.6 Å². The molecule has 0 spiro atoms. The van der Waals surface area contributed by atoms with Gasteiger partial charge in [0.2, 0.25) is 0 Å². The van der Waals surface area contributed by atoms with Crippen LogP contribution in [0.15, 0.2) is 22.8 Å². The second-order valence-corrected chi connectivity index (χ2v) is 3.74. The number of hydrogen-bond donors (Lipinski definition) is 3. The summed E-state index contributed by atoms with van der Waals surface area (Å²) in [6.07, 6.45) is 1.98. The van der Waals surface area contributed by atoms with E-state index >= 15 is 0 Å². The Balaban J connectivity index is 2.18. The van der Waals surface area contributed by atoms with E-state index in [-0.39, 0.29) is 18.5 Å². The molecule has 0 radical (unpaired) electrons. The number of nitrogens with one attached hydrogen (secondary N) is 2. The smallest absolute Gasteiger partial charge is 0.315 e. The number of amides is 2. The van der Waals surface area contributed by atoms with Crippen LogP contribution in [0.5, 0.6) is 0 Å². The molecule has 0 fully saturated rings. The number of hydrogen-bond acceptors (Lipinski definition) is 3. The zero-order chi connectivity index (χ0) is 12.7. The fraction of sp³-hybridized carbons (Fsp3) is 0.455. The van der Waals surface area contributed by atoms with Crippen LogP contribution in [-0.2, 0) is 11.3 Å². The molecule has 1 aromatic rings. The molecule has 1 aromatic heterocycles. The van der Waals surface area contributed by atoms with Gasteiger partial charge < -0.3 is 20.2 Å². The zero-order valence-corrected chi connectivity index (χ0v) is 9.60. The average molecular weight is 240 g/mol.